The lowest BCUT2D eigenvalue weighted by atomic mass is 10.2. The second-order valence-corrected chi connectivity index (χ2v) is 7.22. The lowest BCUT2D eigenvalue weighted by Crippen LogP contribution is -2.16. The van der Waals surface area contributed by atoms with Crippen molar-refractivity contribution in [1.82, 2.24) is 9.55 Å². The Kier molecular flexibility index (Phi) is 5.62. The molecule has 156 valence electrons. The second-order valence-electron chi connectivity index (χ2n) is 6.74. The highest BCUT2D eigenvalue weighted by atomic mass is 32.2. The molecule has 2 aromatic carbocycles. The maximum atomic E-state index is 12.8. The Balaban J connectivity index is 1.61. The number of hydrogen-bond donors (Lipinski definition) is 3. The number of fused-ring (bicyclic) bond motifs is 2. The van der Waals surface area contributed by atoms with Crippen LogP contribution in [0, 0.1) is 0 Å². The van der Waals surface area contributed by atoms with Gasteiger partial charge in [0.2, 0.25) is 11.9 Å². The zero-order valence-corrected chi connectivity index (χ0v) is 17.3. The van der Waals surface area contributed by atoms with Crippen molar-refractivity contribution in [3.05, 3.63) is 42.0 Å². The summed E-state index contributed by atoms with van der Waals surface area (Å²) in [6, 6.07) is 10.7. The van der Waals surface area contributed by atoms with E-state index in [9.17, 15) is 14.7 Å². The van der Waals surface area contributed by atoms with Crippen LogP contribution in [0.1, 0.15) is 23.7 Å². The summed E-state index contributed by atoms with van der Waals surface area (Å²) < 4.78 is 7.21. The first-order chi connectivity index (χ1) is 14.5. The Morgan fingerprint density at radius 2 is 2.00 bits per heavy atom. The number of carbonyl (C=O) groups is 2. The van der Waals surface area contributed by atoms with Crippen molar-refractivity contribution >= 4 is 57.9 Å². The van der Waals surface area contributed by atoms with Gasteiger partial charge in [-0.05, 0) is 42.8 Å². The van der Waals surface area contributed by atoms with Crippen LogP contribution in [0.25, 0.3) is 11.0 Å². The number of rotatable bonds is 8. The largest absolute Gasteiger partial charge is 0.396 e. The molecular formula is C20H21N5O4S. The first kappa shape index (κ1) is 20.2. The average Bonchev–Trinajstić information content (AvgIpc) is 3.29. The Morgan fingerprint density at radius 3 is 2.73 bits per heavy atom. The molecule has 0 radical (unpaired) electrons. The molecule has 1 aliphatic rings. The van der Waals surface area contributed by atoms with Crippen LogP contribution in [0.15, 0.2) is 36.4 Å². The van der Waals surface area contributed by atoms with E-state index < -0.39 is 0 Å². The topological polar surface area (TPSA) is 108 Å². The number of aryl methyl sites for hydroxylation is 1. The van der Waals surface area contributed by atoms with Gasteiger partial charge in [0, 0.05) is 49.6 Å². The number of aliphatic hydroxyl groups is 1. The monoisotopic (exact) mass is 427 g/mol. The van der Waals surface area contributed by atoms with E-state index in [4.69, 9.17) is 4.28 Å². The quantitative estimate of drug-likeness (QED) is 0.374. The molecule has 3 N–H and O–H groups in total. The third-order valence-electron chi connectivity index (χ3n) is 4.61. The lowest BCUT2D eigenvalue weighted by molar-refractivity contribution is -0.114. The fraction of sp³-hybridized carbons (Fsp3) is 0.250. The third kappa shape index (κ3) is 3.97. The fourth-order valence-electron chi connectivity index (χ4n) is 3.26. The van der Waals surface area contributed by atoms with Gasteiger partial charge in [-0.3, -0.25) is 14.9 Å². The van der Waals surface area contributed by atoms with Crippen LogP contribution in [-0.2, 0) is 15.6 Å². The molecule has 0 aliphatic carbocycles. The summed E-state index contributed by atoms with van der Waals surface area (Å²) in [5.74, 6) is -0.0891. The minimum absolute atomic E-state index is 0.0210. The van der Waals surface area contributed by atoms with Gasteiger partial charge >= 0.3 is 0 Å². The number of aliphatic hydroxyl groups excluding tert-OH is 1. The smallest absolute Gasteiger partial charge is 0.258 e. The highest BCUT2D eigenvalue weighted by Crippen LogP contribution is 2.49. The Hall–Kier alpha value is -3.08. The van der Waals surface area contributed by atoms with Crippen LogP contribution in [-0.4, -0.2) is 39.3 Å². The Bertz CT molecular complexity index is 1130. The lowest BCUT2D eigenvalue weighted by Gasteiger charge is -2.09. The van der Waals surface area contributed by atoms with E-state index in [1.54, 1.807) is 29.3 Å². The molecule has 0 fully saturated rings. The molecule has 0 saturated heterocycles. The van der Waals surface area contributed by atoms with Crippen molar-refractivity contribution in [3.63, 3.8) is 0 Å². The molecule has 0 unspecified atom stereocenters. The molecule has 3 aromatic rings. The summed E-state index contributed by atoms with van der Waals surface area (Å²) in [7, 11) is 0. The standard InChI is InChI=1S/C20H21N5O4S/c1-12(27)21-14-5-7-16-15(11-14)22-20(24(16)8-3-9-26)23-19(28)13-4-6-17-18(10-13)25(17)29-30-2/h4-7,10-11,26H,3,8-9H2,1-2H3,(H,21,27)(H,22,23,28). The second kappa shape index (κ2) is 8.34. The molecule has 30 heavy (non-hydrogen) atoms. The van der Waals surface area contributed by atoms with E-state index in [0.29, 0.717) is 35.7 Å². The number of nitrogens with one attached hydrogen (secondary N) is 2. The molecule has 1 aliphatic heterocycles. The molecule has 9 nitrogen and oxygen atoms in total. The van der Waals surface area contributed by atoms with Crippen LogP contribution in [0.4, 0.5) is 23.0 Å². The maximum absolute atomic E-state index is 12.8. The first-order valence-corrected chi connectivity index (χ1v) is 10.5. The van der Waals surface area contributed by atoms with E-state index in [2.05, 4.69) is 15.6 Å². The zero-order chi connectivity index (χ0) is 21.3. The maximum Gasteiger partial charge on any atom is 0.258 e. The van der Waals surface area contributed by atoms with Gasteiger partial charge in [0.1, 0.15) is 0 Å². The van der Waals surface area contributed by atoms with Gasteiger partial charge in [-0.2, -0.15) is 4.28 Å². The van der Waals surface area contributed by atoms with Crippen molar-refractivity contribution in [1.29, 1.82) is 0 Å². The predicted octanol–water partition coefficient (Wildman–Crippen LogP) is 3.29. The van der Waals surface area contributed by atoms with Crippen molar-refractivity contribution in [2.45, 2.75) is 19.9 Å². The van der Waals surface area contributed by atoms with Crippen molar-refractivity contribution < 1.29 is 19.0 Å². The van der Waals surface area contributed by atoms with Crippen LogP contribution in [0.3, 0.4) is 0 Å². The van der Waals surface area contributed by atoms with Gasteiger partial charge in [0.15, 0.2) is 0 Å². The van der Waals surface area contributed by atoms with Crippen LogP contribution in [0.5, 0.6) is 0 Å². The SMILES string of the molecule is CSON1c2ccc(C(=O)Nc3nc4cc(NC(C)=O)ccc4n3CCCO)cc21. The van der Waals surface area contributed by atoms with E-state index in [1.807, 2.05) is 23.0 Å². The van der Waals surface area contributed by atoms with E-state index in [1.165, 1.54) is 19.0 Å². The minimum atomic E-state index is -0.295. The van der Waals surface area contributed by atoms with Crippen molar-refractivity contribution in [2.75, 3.05) is 28.6 Å². The highest BCUT2D eigenvalue weighted by Gasteiger charge is 2.32. The van der Waals surface area contributed by atoms with Crippen LogP contribution >= 0.6 is 12.0 Å². The number of hydrogen-bond acceptors (Lipinski definition) is 7. The number of benzene rings is 2. The molecule has 10 heteroatoms. The van der Waals surface area contributed by atoms with Gasteiger partial charge in [-0.15, -0.1) is 0 Å². The molecule has 1 aromatic heterocycles. The molecule has 0 saturated carbocycles. The third-order valence-corrected chi connectivity index (χ3v) is 4.91. The van der Waals surface area contributed by atoms with Gasteiger partial charge < -0.3 is 15.0 Å². The summed E-state index contributed by atoms with van der Waals surface area (Å²) in [4.78, 5) is 28.7. The number of amides is 2. The summed E-state index contributed by atoms with van der Waals surface area (Å²) in [6.45, 7) is 1.95. The van der Waals surface area contributed by atoms with Gasteiger partial charge in [-0.25, -0.2) is 10.0 Å². The fourth-order valence-corrected chi connectivity index (χ4v) is 3.57. The summed E-state index contributed by atoms with van der Waals surface area (Å²) >= 11 is 1.23. The van der Waals surface area contributed by atoms with E-state index in [0.717, 1.165) is 16.9 Å². The summed E-state index contributed by atoms with van der Waals surface area (Å²) in [5.41, 5.74) is 4.33. The van der Waals surface area contributed by atoms with E-state index in [-0.39, 0.29) is 18.4 Å². The van der Waals surface area contributed by atoms with E-state index >= 15 is 0 Å². The molecule has 2 heterocycles. The molecule has 2 amide bonds. The average molecular weight is 427 g/mol. The van der Waals surface area contributed by atoms with Crippen LogP contribution in [0.2, 0.25) is 0 Å². The summed E-state index contributed by atoms with van der Waals surface area (Å²) in [6.07, 6.45) is 2.34. The zero-order valence-electron chi connectivity index (χ0n) is 16.5. The minimum Gasteiger partial charge on any atom is -0.396 e. The molecule has 4 rings (SSSR count). The molecule has 0 spiro atoms. The van der Waals surface area contributed by atoms with Crippen molar-refractivity contribution in [3.8, 4) is 0 Å². The Labute approximate surface area is 177 Å². The number of aromatic nitrogens is 2. The number of imidazole rings is 1. The normalized spacial score (nSPS) is 12.0. The van der Waals surface area contributed by atoms with Crippen LogP contribution < -0.4 is 15.7 Å². The highest BCUT2D eigenvalue weighted by molar-refractivity contribution is 7.94. The predicted molar refractivity (Wildman–Crippen MR) is 117 cm³/mol. The summed E-state index contributed by atoms with van der Waals surface area (Å²) in [5, 5.41) is 16.5. The number of carbonyl (C=O) groups excluding carboxylic acids is 2. The van der Waals surface area contributed by atoms with Crippen molar-refractivity contribution in [2.24, 2.45) is 0 Å². The molecule has 0 atom stereocenters. The first-order valence-electron chi connectivity index (χ1n) is 9.37. The number of nitrogens with zero attached hydrogens (tertiary/aromatic N) is 3. The molecule has 0 bridgehead atoms. The van der Waals surface area contributed by atoms with Gasteiger partial charge in [0.05, 0.1) is 22.4 Å². The number of anilines is 4. The molecular weight excluding hydrogens is 406 g/mol. The van der Waals surface area contributed by atoms with Gasteiger partial charge in [-0.1, -0.05) is 0 Å². The van der Waals surface area contributed by atoms with Gasteiger partial charge in [0.25, 0.3) is 5.91 Å². The Morgan fingerprint density at radius 1 is 1.17 bits per heavy atom.